The molecule has 9 nitrogen and oxygen atoms in total. The topological polar surface area (TPSA) is 103 Å². The number of amides is 1. The van der Waals surface area contributed by atoms with E-state index in [1.807, 2.05) is 0 Å². The van der Waals surface area contributed by atoms with Crippen LogP contribution in [0.4, 0.5) is 5.69 Å². The number of hydrogen-bond acceptors (Lipinski definition) is 8. The number of rotatable bonds is 6. The summed E-state index contributed by atoms with van der Waals surface area (Å²) in [4.78, 5) is 29.0. The van der Waals surface area contributed by atoms with Crippen LogP contribution < -0.4 is 29.8 Å². The molecule has 32 heavy (non-hydrogen) atoms. The highest BCUT2D eigenvalue weighted by Gasteiger charge is 2.21. The van der Waals surface area contributed by atoms with E-state index >= 15 is 0 Å². The number of nitrogens with zero attached hydrogens (tertiary/aromatic N) is 1. The van der Waals surface area contributed by atoms with Gasteiger partial charge < -0.3 is 29.2 Å². The number of carbonyl (C=O) groups is 1. The monoisotopic (exact) mass is 473 g/mol. The number of carbonyl (C=O) groups excluding carboxylic acids is 1. The number of H-pyrrole nitrogens is 1. The number of benzene rings is 2. The largest absolute Gasteiger partial charge is 0.497 e. The Morgan fingerprint density at radius 3 is 2.34 bits per heavy atom. The summed E-state index contributed by atoms with van der Waals surface area (Å²) in [7, 11) is 6.02. The van der Waals surface area contributed by atoms with E-state index in [0.29, 0.717) is 43.5 Å². The average Bonchev–Trinajstić information content (AvgIpc) is 3.14. The van der Waals surface area contributed by atoms with Gasteiger partial charge in [0.1, 0.15) is 22.0 Å². The van der Waals surface area contributed by atoms with Crippen molar-refractivity contribution in [3.63, 3.8) is 0 Å². The lowest BCUT2D eigenvalue weighted by atomic mass is 10.2. The number of aromatic nitrogens is 2. The van der Waals surface area contributed by atoms with Crippen LogP contribution in [0.5, 0.6) is 23.0 Å². The van der Waals surface area contributed by atoms with Gasteiger partial charge in [-0.1, -0.05) is 11.3 Å². The lowest BCUT2D eigenvalue weighted by molar-refractivity contribution is 0.103. The van der Waals surface area contributed by atoms with Crippen LogP contribution in [0, 0.1) is 3.95 Å². The smallest absolute Gasteiger partial charge is 0.269 e. The van der Waals surface area contributed by atoms with E-state index in [9.17, 15) is 9.59 Å². The molecule has 166 valence electrons. The van der Waals surface area contributed by atoms with Crippen molar-refractivity contribution < 1.29 is 23.7 Å². The maximum absolute atomic E-state index is 13.2. The molecule has 0 aliphatic carbocycles. The third kappa shape index (κ3) is 3.55. The molecule has 0 radical (unpaired) electrons. The van der Waals surface area contributed by atoms with E-state index in [-0.39, 0.29) is 16.1 Å². The second kappa shape index (κ2) is 8.52. The molecule has 2 aromatic heterocycles. The maximum Gasteiger partial charge on any atom is 0.269 e. The van der Waals surface area contributed by atoms with Gasteiger partial charge in [0, 0.05) is 12.1 Å². The van der Waals surface area contributed by atoms with Gasteiger partial charge in [-0.15, -0.1) is 0 Å². The first kappa shape index (κ1) is 21.7. The normalized spacial score (nSPS) is 10.9. The summed E-state index contributed by atoms with van der Waals surface area (Å²) in [5.74, 6) is 1.41. The zero-order chi connectivity index (χ0) is 23.0. The van der Waals surface area contributed by atoms with Crippen LogP contribution in [0.3, 0.4) is 0 Å². The van der Waals surface area contributed by atoms with Gasteiger partial charge in [0.2, 0.25) is 0 Å². The van der Waals surface area contributed by atoms with E-state index in [1.54, 1.807) is 34.7 Å². The Morgan fingerprint density at radius 1 is 1.00 bits per heavy atom. The van der Waals surface area contributed by atoms with Gasteiger partial charge in [-0.25, -0.2) is 0 Å². The summed E-state index contributed by atoms with van der Waals surface area (Å²) in [6.07, 6.45) is 0. The van der Waals surface area contributed by atoms with E-state index in [0.717, 1.165) is 11.3 Å². The van der Waals surface area contributed by atoms with Crippen LogP contribution in [-0.4, -0.2) is 43.7 Å². The number of methoxy groups -OCH3 is 4. The van der Waals surface area contributed by atoms with Crippen LogP contribution in [0.1, 0.15) is 9.67 Å². The van der Waals surface area contributed by atoms with Crippen molar-refractivity contribution in [3.05, 3.63) is 49.5 Å². The summed E-state index contributed by atoms with van der Waals surface area (Å²) in [6, 6.07) is 8.28. The molecule has 0 atom stereocenters. The molecule has 0 bridgehead atoms. The first-order valence-corrected chi connectivity index (χ1v) is 10.5. The van der Waals surface area contributed by atoms with E-state index < -0.39 is 5.91 Å². The third-order valence-electron chi connectivity index (χ3n) is 4.89. The second-order valence-electron chi connectivity index (χ2n) is 6.58. The first-order valence-electron chi connectivity index (χ1n) is 9.28. The van der Waals surface area contributed by atoms with Crippen molar-refractivity contribution in [2.45, 2.75) is 0 Å². The number of nitrogens with one attached hydrogen (secondary N) is 2. The van der Waals surface area contributed by atoms with Crippen LogP contribution >= 0.6 is 23.6 Å². The van der Waals surface area contributed by atoms with Crippen molar-refractivity contribution in [2.75, 3.05) is 33.8 Å². The highest BCUT2D eigenvalue weighted by molar-refractivity contribution is 7.73. The summed E-state index contributed by atoms with van der Waals surface area (Å²) in [5.41, 5.74) is 0.815. The van der Waals surface area contributed by atoms with E-state index in [1.165, 1.54) is 28.4 Å². The van der Waals surface area contributed by atoms with Crippen molar-refractivity contribution in [2.24, 2.45) is 0 Å². The fraction of sp³-hybridized carbons (Fsp3) is 0.190. The summed E-state index contributed by atoms with van der Waals surface area (Å²) in [5, 5.41) is 3.16. The molecule has 11 heteroatoms. The first-order chi connectivity index (χ1) is 15.4. The Hall–Kier alpha value is -3.57. The molecule has 4 rings (SSSR count). The SMILES string of the molecule is COc1ccc(OC)c(NC(=O)c2sc(=S)n3c2[nH]c(=O)c2cc(OC)c(OC)cc23)c1. The number of anilines is 1. The summed E-state index contributed by atoms with van der Waals surface area (Å²) >= 11 is 6.60. The van der Waals surface area contributed by atoms with Gasteiger partial charge in [0.15, 0.2) is 15.5 Å². The number of aromatic amines is 1. The van der Waals surface area contributed by atoms with E-state index in [4.69, 9.17) is 31.2 Å². The van der Waals surface area contributed by atoms with Gasteiger partial charge in [-0.3, -0.25) is 14.0 Å². The maximum atomic E-state index is 13.2. The Kier molecular flexibility index (Phi) is 5.76. The second-order valence-corrected chi connectivity index (χ2v) is 8.22. The number of hydrogen-bond donors (Lipinski definition) is 2. The summed E-state index contributed by atoms with van der Waals surface area (Å²) in [6.45, 7) is 0. The van der Waals surface area contributed by atoms with Crippen LogP contribution in [0.15, 0.2) is 35.1 Å². The van der Waals surface area contributed by atoms with Crippen molar-refractivity contribution in [3.8, 4) is 23.0 Å². The molecule has 0 spiro atoms. The summed E-state index contributed by atoms with van der Waals surface area (Å²) < 4.78 is 23.2. The zero-order valence-electron chi connectivity index (χ0n) is 17.6. The average molecular weight is 474 g/mol. The highest BCUT2D eigenvalue weighted by atomic mass is 32.1. The quantitative estimate of drug-likeness (QED) is 0.410. The number of fused-ring (bicyclic) bond motifs is 3. The molecule has 0 unspecified atom stereocenters. The molecule has 2 N–H and O–H groups in total. The third-order valence-corrected chi connectivity index (χ3v) is 6.26. The lowest BCUT2D eigenvalue weighted by Crippen LogP contribution is -2.15. The zero-order valence-corrected chi connectivity index (χ0v) is 19.2. The highest BCUT2D eigenvalue weighted by Crippen LogP contribution is 2.33. The van der Waals surface area contributed by atoms with Gasteiger partial charge in [0.25, 0.3) is 11.5 Å². The van der Waals surface area contributed by atoms with E-state index in [2.05, 4.69) is 10.3 Å². The van der Waals surface area contributed by atoms with Gasteiger partial charge in [0.05, 0.1) is 45.0 Å². The minimum Gasteiger partial charge on any atom is -0.497 e. The lowest BCUT2D eigenvalue weighted by Gasteiger charge is -2.12. The fourth-order valence-corrected chi connectivity index (χ4v) is 4.64. The van der Waals surface area contributed by atoms with Crippen molar-refractivity contribution >= 4 is 51.7 Å². The van der Waals surface area contributed by atoms with Crippen LogP contribution in [-0.2, 0) is 0 Å². The molecule has 0 aliphatic rings. The molecule has 0 fully saturated rings. The molecule has 0 saturated heterocycles. The fourth-order valence-electron chi connectivity index (χ4n) is 3.36. The van der Waals surface area contributed by atoms with Gasteiger partial charge >= 0.3 is 0 Å². The standard InChI is InChI=1S/C21H19N3O6S2/c1-27-10-5-6-14(28-2)12(7-10)22-20(26)17-18-23-19(25)11-8-15(29-3)16(30-4)9-13(11)24(18)21(31)32-17/h5-9H,1-4H3,(H,22,26)(H,23,25). The molecule has 1 amide bonds. The molecule has 0 aliphatic heterocycles. The minimum atomic E-state index is -0.453. The molecule has 4 aromatic rings. The Balaban J connectivity index is 1.89. The Bertz CT molecular complexity index is 1470. The Morgan fingerprint density at radius 2 is 1.69 bits per heavy atom. The van der Waals surface area contributed by atoms with Crippen LogP contribution in [0.2, 0.25) is 0 Å². The molecule has 0 saturated carbocycles. The Labute approximate surface area is 191 Å². The minimum absolute atomic E-state index is 0.244. The van der Waals surface area contributed by atoms with Gasteiger partial charge in [-0.05, 0) is 30.4 Å². The molecule has 2 aromatic carbocycles. The van der Waals surface area contributed by atoms with Crippen molar-refractivity contribution in [1.29, 1.82) is 0 Å². The molecule has 2 heterocycles. The van der Waals surface area contributed by atoms with Gasteiger partial charge in [-0.2, -0.15) is 0 Å². The molecular weight excluding hydrogens is 454 g/mol. The molecular formula is C21H19N3O6S2. The van der Waals surface area contributed by atoms with Crippen LogP contribution in [0.25, 0.3) is 16.6 Å². The number of ether oxygens (including phenoxy) is 4. The van der Waals surface area contributed by atoms with Crippen molar-refractivity contribution in [1.82, 2.24) is 9.38 Å². The predicted octanol–water partition coefficient (Wildman–Crippen LogP) is 3.86. The predicted molar refractivity (Wildman–Crippen MR) is 125 cm³/mol. The number of thiazole rings is 1.